The van der Waals surface area contributed by atoms with E-state index in [0.29, 0.717) is 19.6 Å². The molecule has 8 nitrogen and oxygen atoms in total. The second-order valence-corrected chi connectivity index (χ2v) is 7.01. The average molecular weight is 310 g/mol. The van der Waals surface area contributed by atoms with Gasteiger partial charge in [-0.2, -0.15) is 9.40 Å². The Hall–Kier alpha value is -1.71. The summed E-state index contributed by atoms with van der Waals surface area (Å²) >= 11 is 0. The van der Waals surface area contributed by atoms with Crippen molar-refractivity contribution in [3.05, 3.63) is 30.5 Å². The van der Waals surface area contributed by atoms with Gasteiger partial charge < -0.3 is 4.98 Å². The first-order valence-corrected chi connectivity index (χ1v) is 8.12. The van der Waals surface area contributed by atoms with Crippen LogP contribution in [0.5, 0.6) is 0 Å². The maximum atomic E-state index is 12.7. The van der Waals surface area contributed by atoms with Crippen LogP contribution < -0.4 is 0 Å². The molecule has 0 bridgehead atoms. The number of rotatable bonds is 3. The van der Waals surface area contributed by atoms with E-state index in [1.807, 2.05) is 7.05 Å². The van der Waals surface area contributed by atoms with Gasteiger partial charge in [-0.05, 0) is 13.1 Å². The lowest BCUT2D eigenvalue weighted by Gasteiger charge is -2.37. The quantitative estimate of drug-likeness (QED) is 0.850. The Labute approximate surface area is 123 Å². The summed E-state index contributed by atoms with van der Waals surface area (Å²) in [6, 6.07) is 1.45. The predicted molar refractivity (Wildman–Crippen MR) is 75.9 cm³/mol. The molecule has 0 aromatic carbocycles. The van der Waals surface area contributed by atoms with Crippen molar-refractivity contribution in [3.63, 3.8) is 0 Å². The first-order valence-electron chi connectivity index (χ1n) is 6.68. The van der Waals surface area contributed by atoms with Crippen molar-refractivity contribution in [2.24, 2.45) is 7.05 Å². The van der Waals surface area contributed by atoms with Crippen molar-refractivity contribution in [1.29, 1.82) is 0 Å². The lowest BCUT2D eigenvalue weighted by molar-refractivity contribution is 0.142. The number of aromatic amines is 1. The van der Waals surface area contributed by atoms with Gasteiger partial charge in [0.2, 0.25) is 0 Å². The standard InChI is InChI=1S/C12H18N6O2S/c1-16-7-8-18(9-10(16)12-13-5-6-14-12)21(19,20)11-3-4-15-17(11)2/h3-6,10H,7-9H2,1-2H3,(H,13,14). The average Bonchev–Trinajstić information content (AvgIpc) is 3.10. The zero-order valence-electron chi connectivity index (χ0n) is 12.0. The fourth-order valence-electron chi connectivity index (χ4n) is 2.57. The van der Waals surface area contributed by atoms with Gasteiger partial charge in [-0.3, -0.25) is 9.58 Å². The highest BCUT2D eigenvalue weighted by molar-refractivity contribution is 7.89. The number of nitrogens with one attached hydrogen (secondary N) is 1. The maximum absolute atomic E-state index is 12.7. The number of H-pyrrole nitrogens is 1. The van der Waals surface area contributed by atoms with E-state index in [1.165, 1.54) is 21.3 Å². The summed E-state index contributed by atoms with van der Waals surface area (Å²) in [5.74, 6) is 0.780. The van der Waals surface area contributed by atoms with E-state index in [1.54, 1.807) is 19.4 Å². The molecule has 0 saturated carbocycles. The minimum atomic E-state index is -3.53. The molecule has 2 aromatic heterocycles. The van der Waals surface area contributed by atoms with Gasteiger partial charge in [-0.15, -0.1) is 0 Å². The first kappa shape index (κ1) is 14.2. The molecule has 0 radical (unpaired) electrons. The monoisotopic (exact) mass is 310 g/mol. The van der Waals surface area contributed by atoms with E-state index in [2.05, 4.69) is 20.0 Å². The van der Waals surface area contributed by atoms with Gasteiger partial charge in [0, 0.05) is 39.1 Å². The highest BCUT2D eigenvalue weighted by Gasteiger charge is 2.35. The van der Waals surface area contributed by atoms with Gasteiger partial charge in [0.25, 0.3) is 10.0 Å². The number of hydrogen-bond acceptors (Lipinski definition) is 5. The number of hydrogen-bond donors (Lipinski definition) is 1. The smallest absolute Gasteiger partial charge is 0.260 e. The summed E-state index contributed by atoms with van der Waals surface area (Å²) in [6.07, 6.45) is 4.92. The van der Waals surface area contributed by atoms with Crippen LogP contribution in [0.25, 0.3) is 0 Å². The Morgan fingerprint density at radius 1 is 1.29 bits per heavy atom. The summed E-state index contributed by atoms with van der Waals surface area (Å²) in [4.78, 5) is 9.42. The number of imidazole rings is 1. The van der Waals surface area contributed by atoms with Crippen molar-refractivity contribution < 1.29 is 8.42 Å². The fourth-order valence-corrected chi connectivity index (χ4v) is 4.11. The van der Waals surface area contributed by atoms with Crippen LogP contribution >= 0.6 is 0 Å². The van der Waals surface area contributed by atoms with Crippen molar-refractivity contribution in [2.45, 2.75) is 11.1 Å². The van der Waals surface area contributed by atoms with Crippen LogP contribution in [0.2, 0.25) is 0 Å². The van der Waals surface area contributed by atoms with Gasteiger partial charge in [0.1, 0.15) is 5.82 Å². The van der Waals surface area contributed by atoms with Crippen LogP contribution in [0.15, 0.2) is 29.7 Å². The number of aryl methyl sites for hydroxylation is 1. The zero-order chi connectivity index (χ0) is 15.0. The van der Waals surface area contributed by atoms with E-state index < -0.39 is 10.0 Å². The third-order valence-electron chi connectivity index (χ3n) is 3.83. The highest BCUT2D eigenvalue weighted by Crippen LogP contribution is 2.25. The molecule has 1 aliphatic rings. The summed E-state index contributed by atoms with van der Waals surface area (Å²) < 4.78 is 28.3. The molecular formula is C12H18N6O2S. The molecule has 0 amide bonds. The molecule has 0 spiro atoms. The molecule has 1 atom stereocenters. The molecule has 9 heteroatoms. The van der Waals surface area contributed by atoms with Crippen molar-refractivity contribution in [3.8, 4) is 0 Å². The van der Waals surface area contributed by atoms with Crippen molar-refractivity contribution in [2.75, 3.05) is 26.7 Å². The van der Waals surface area contributed by atoms with E-state index in [0.717, 1.165) is 5.82 Å². The van der Waals surface area contributed by atoms with Crippen LogP contribution in [0, 0.1) is 0 Å². The Balaban J connectivity index is 1.89. The van der Waals surface area contributed by atoms with Crippen LogP contribution in [0.3, 0.4) is 0 Å². The summed E-state index contributed by atoms with van der Waals surface area (Å²) in [5, 5.41) is 4.16. The van der Waals surface area contributed by atoms with Crippen LogP contribution in [-0.4, -0.2) is 64.1 Å². The third kappa shape index (κ3) is 2.47. The Morgan fingerprint density at radius 3 is 2.71 bits per heavy atom. The summed E-state index contributed by atoms with van der Waals surface area (Å²) in [7, 11) is 0.0740. The number of aromatic nitrogens is 4. The summed E-state index contributed by atoms with van der Waals surface area (Å²) in [6.45, 7) is 1.49. The maximum Gasteiger partial charge on any atom is 0.260 e. The molecule has 1 saturated heterocycles. The second kappa shape index (κ2) is 5.24. The number of likely N-dealkylation sites (N-methyl/N-ethyl adjacent to an activating group) is 1. The van der Waals surface area contributed by atoms with Crippen molar-refractivity contribution >= 4 is 10.0 Å². The molecule has 1 fully saturated rings. The lowest BCUT2D eigenvalue weighted by atomic mass is 10.2. The van der Waals surface area contributed by atoms with Gasteiger partial charge in [-0.1, -0.05) is 0 Å². The molecule has 1 N–H and O–H groups in total. The summed E-state index contributed by atoms with van der Waals surface area (Å²) in [5.41, 5.74) is 0. The van der Waals surface area contributed by atoms with E-state index >= 15 is 0 Å². The van der Waals surface area contributed by atoms with Crippen LogP contribution in [0.4, 0.5) is 0 Å². The minimum Gasteiger partial charge on any atom is -0.347 e. The zero-order valence-corrected chi connectivity index (χ0v) is 12.8. The predicted octanol–water partition coefficient (Wildman–Crippen LogP) is -0.179. The van der Waals surface area contributed by atoms with E-state index in [9.17, 15) is 8.42 Å². The molecule has 21 heavy (non-hydrogen) atoms. The Bertz CT molecular complexity index is 708. The molecule has 1 aliphatic heterocycles. The number of sulfonamides is 1. The molecule has 114 valence electrons. The number of piperazine rings is 1. The van der Waals surface area contributed by atoms with Gasteiger partial charge in [0.05, 0.1) is 12.2 Å². The third-order valence-corrected chi connectivity index (χ3v) is 5.77. The van der Waals surface area contributed by atoms with E-state index in [4.69, 9.17) is 0 Å². The van der Waals surface area contributed by atoms with Crippen LogP contribution in [0.1, 0.15) is 11.9 Å². The van der Waals surface area contributed by atoms with Gasteiger partial charge in [-0.25, -0.2) is 13.4 Å². The minimum absolute atomic E-state index is 0.0725. The number of nitrogens with zero attached hydrogens (tertiary/aromatic N) is 5. The molecule has 2 aromatic rings. The normalized spacial score (nSPS) is 21.7. The second-order valence-electron chi connectivity index (χ2n) is 5.13. The van der Waals surface area contributed by atoms with Gasteiger partial charge in [0.15, 0.2) is 5.03 Å². The molecule has 3 heterocycles. The molecular weight excluding hydrogens is 292 g/mol. The van der Waals surface area contributed by atoms with E-state index in [-0.39, 0.29) is 11.1 Å². The van der Waals surface area contributed by atoms with Gasteiger partial charge >= 0.3 is 0 Å². The highest BCUT2D eigenvalue weighted by atomic mass is 32.2. The molecule has 1 unspecified atom stereocenters. The molecule has 0 aliphatic carbocycles. The molecule has 3 rings (SSSR count). The fraction of sp³-hybridized carbons (Fsp3) is 0.500. The Morgan fingerprint density at radius 2 is 2.10 bits per heavy atom. The Kier molecular flexibility index (Phi) is 3.56. The van der Waals surface area contributed by atoms with Crippen molar-refractivity contribution in [1.82, 2.24) is 29.0 Å². The largest absolute Gasteiger partial charge is 0.347 e. The lowest BCUT2D eigenvalue weighted by Crippen LogP contribution is -2.49. The van der Waals surface area contributed by atoms with Crippen LogP contribution in [-0.2, 0) is 17.1 Å². The SMILES string of the molecule is CN1CCN(S(=O)(=O)c2ccnn2C)CC1c1ncc[nH]1. The first-order chi connectivity index (χ1) is 10.00. The topological polar surface area (TPSA) is 87.1 Å².